The molecule has 180 valence electrons. The Morgan fingerprint density at radius 2 is 1.41 bits per heavy atom. The molecule has 0 fully saturated rings. The van der Waals surface area contributed by atoms with Gasteiger partial charge in [-0.25, -0.2) is 0 Å². The molecule has 0 saturated carbocycles. The number of nitrogens with one attached hydrogen (secondary N) is 1. The van der Waals surface area contributed by atoms with Gasteiger partial charge in [-0.3, -0.25) is 4.79 Å². The van der Waals surface area contributed by atoms with E-state index in [0.717, 1.165) is 22.2 Å². The maximum Gasteiger partial charge on any atom is 0.169 e. The van der Waals surface area contributed by atoms with Crippen LogP contribution in [-0.4, -0.2) is 23.2 Å². The first-order valence-electron chi connectivity index (χ1n) is 12.8. The molecule has 0 bridgehead atoms. The molecule has 2 aromatic carbocycles. The number of carbonyl (C=O) groups excluding carboxylic acids is 1. The predicted molar refractivity (Wildman–Crippen MR) is 149 cm³/mol. The van der Waals surface area contributed by atoms with Crippen LogP contribution in [0, 0.1) is 6.92 Å². The summed E-state index contributed by atoms with van der Waals surface area (Å²) in [4.78, 5) is 17.4. The second kappa shape index (κ2) is 9.22. The molecule has 1 atom stereocenters. The summed E-state index contributed by atoms with van der Waals surface area (Å²) >= 11 is 0. The largest absolute Gasteiger partial charge is 0.373 e. The average Bonchev–Trinajstić information content (AvgIpc) is 3.31. The third-order valence-electron chi connectivity index (χ3n) is 8.13. The highest BCUT2D eigenvalue weighted by Crippen LogP contribution is 2.45. The zero-order valence-electron chi connectivity index (χ0n) is 22.1. The highest BCUT2D eigenvalue weighted by molar-refractivity contribution is 6.82. The Kier molecular flexibility index (Phi) is 6.65. The maximum atomic E-state index is 13.9. The predicted octanol–water partition coefficient (Wildman–Crippen LogP) is 8.83. The van der Waals surface area contributed by atoms with Gasteiger partial charge in [0.25, 0.3) is 0 Å². The average molecular weight is 473 g/mol. The smallest absolute Gasteiger partial charge is 0.169 e. The van der Waals surface area contributed by atoms with Crippen LogP contribution in [0.3, 0.4) is 0 Å². The summed E-state index contributed by atoms with van der Waals surface area (Å²) in [5.74, 6) is 0.388. The molecule has 4 heteroatoms. The van der Waals surface area contributed by atoms with Crippen LogP contribution in [0.15, 0.2) is 54.7 Å². The summed E-state index contributed by atoms with van der Waals surface area (Å²) < 4.78 is 2.58. The van der Waals surface area contributed by atoms with E-state index in [-0.39, 0.29) is 11.7 Å². The van der Waals surface area contributed by atoms with Gasteiger partial charge in [0, 0.05) is 45.7 Å². The molecule has 3 nitrogen and oxygen atoms in total. The van der Waals surface area contributed by atoms with Crippen molar-refractivity contribution < 1.29 is 4.79 Å². The van der Waals surface area contributed by atoms with E-state index in [4.69, 9.17) is 0 Å². The third kappa shape index (κ3) is 3.76. The summed E-state index contributed by atoms with van der Waals surface area (Å²) in [6, 6.07) is 17.0. The Morgan fingerprint density at radius 1 is 0.853 bits per heavy atom. The van der Waals surface area contributed by atoms with E-state index < -0.39 is 8.24 Å². The number of hydrogen-bond acceptors (Lipinski definition) is 1. The van der Waals surface area contributed by atoms with E-state index in [1.54, 1.807) is 0 Å². The van der Waals surface area contributed by atoms with Crippen molar-refractivity contribution in [3.63, 3.8) is 0 Å². The number of para-hydroxylation sites is 2. The number of nitrogens with zero attached hydrogens (tertiary/aromatic N) is 1. The number of rotatable bonds is 8. The van der Waals surface area contributed by atoms with Crippen LogP contribution in [0.5, 0.6) is 0 Å². The van der Waals surface area contributed by atoms with Crippen LogP contribution in [0.4, 0.5) is 0 Å². The van der Waals surface area contributed by atoms with Crippen LogP contribution in [0.1, 0.15) is 82.4 Å². The lowest BCUT2D eigenvalue weighted by molar-refractivity contribution is 0.0977. The molecule has 1 unspecified atom stereocenters. The van der Waals surface area contributed by atoms with Gasteiger partial charge >= 0.3 is 0 Å². The topological polar surface area (TPSA) is 37.8 Å². The summed E-state index contributed by atoms with van der Waals surface area (Å²) in [6.07, 6.45) is 2.74. The summed E-state index contributed by atoms with van der Waals surface area (Å²) in [5.41, 5.74) is 7.39. The van der Waals surface area contributed by atoms with Gasteiger partial charge in [0.15, 0.2) is 14.0 Å². The van der Waals surface area contributed by atoms with Gasteiger partial charge in [-0.15, -0.1) is 0 Å². The molecule has 34 heavy (non-hydrogen) atoms. The van der Waals surface area contributed by atoms with Gasteiger partial charge in [-0.1, -0.05) is 84.9 Å². The quantitative estimate of drug-likeness (QED) is 0.202. The minimum atomic E-state index is -1.97. The van der Waals surface area contributed by atoms with E-state index >= 15 is 0 Å². The zero-order valence-corrected chi connectivity index (χ0v) is 23.1. The molecule has 0 aliphatic carbocycles. The maximum absolute atomic E-state index is 13.9. The molecule has 0 aliphatic heterocycles. The van der Waals surface area contributed by atoms with E-state index in [2.05, 4.69) is 119 Å². The van der Waals surface area contributed by atoms with Crippen molar-refractivity contribution in [2.45, 2.75) is 84.4 Å². The number of Topliss-reactive ketones (excluding diaryl/α,β-unsaturated/α-hetero) is 1. The van der Waals surface area contributed by atoms with E-state index in [0.29, 0.717) is 23.0 Å². The molecule has 0 radical (unpaired) electrons. The molecular formula is C30H40N2OSi. The lowest BCUT2D eigenvalue weighted by Gasteiger charge is -2.44. The molecule has 2 heterocycles. The van der Waals surface area contributed by atoms with Gasteiger partial charge in [0.2, 0.25) is 0 Å². The Morgan fingerprint density at radius 3 is 2.03 bits per heavy atom. The molecule has 4 rings (SSSR count). The number of aromatic amines is 1. The molecule has 1 N–H and O–H groups in total. The Hall–Kier alpha value is -2.59. The molecule has 4 aromatic rings. The number of H-pyrrole nitrogens is 1. The number of carbonyl (C=O) groups is 1. The number of hydrogen-bond donors (Lipinski definition) is 1. The molecule has 0 saturated heterocycles. The van der Waals surface area contributed by atoms with Crippen LogP contribution in [0.2, 0.25) is 16.6 Å². The molecule has 0 spiro atoms. The highest BCUT2D eigenvalue weighted by atomic mass is 28.3. The van der Waals surface area contributed by atoms with Gasteiger partial charge in [-0.2, -0.15) is 0 Å². The normalized spacial score (nSPS) is 13.6. The minimum absolute atomic E-state index is 0.146. The van der Waals surface area contributed by atoms with Crippen molar-refractivity contribution in [1.29, 1.82) is 0 Å². The van der Waals surface area contributed by atoms with Gasteiger partial charge in [0.05, 0.1) is 0 Å². The van der Waals surface area contributed by atoms with E-state index in [1.807, 2.05) is 0 Å². The van der Waals surface area contributed by atoms with Gasteiger partial charge < -0.3 is 9.22 Å². The first-order valence-corrected chi connectivity index (χ1v) is 15.0. The fourth-order valence-electron chi connectivity index (χ4n) is 6.98. The van der Waals surface area contributed by atoms with Crippen molar-refractivity contribution in [2.75, 3.05) is 0 Å². The van der Waals surface area contributed by atoms with Crippen LogP contribution >= 0.6 is 0 Å². The van der Waals surface area contributed by atoms with Gasteiger partial charge in [0.1, 0.15) is 0 Å². The Labute approximate surface area is 205 Å². The van der Waals surface area contributed by atoms with Crippen LogP contribution < -0.4 is 0 Å². The fourth-order valence-corrected chi connectivity index (χ4v) is 13.6. The number of fused-ring (bicyclic) bond motifs is 2. The van der Waals surface area contributed by atoms with Crippen LogP contribution in [-0.2, 0) is 0 Å². The van der Waals surface area contributed by atoms with E-state index in [1.165, 1.54) is 16.5 Å². The minimum Gasteiger partial charge on any atom is -0.373 e. The number of ketones is 1. The number of aromatic nitrogens is 2. The fraction of sp³-hybridized carbons (Fsp3) is 0.433. The Bertz CT molecular complexity index is 1300. The zero-order chi connectivity index (χ0) is 24.8. The second-order valence-electron chi connectivity index (χ2n) is 11.0. The van der Waals surface area contributed by atoms with Crippen LogP contribution in [0.25, 0.3) is 21.8 Å². The number of aryl methyl sites for hydroxylation is 1. The molecule has 0 aliphatic rings. The SMILES string of the molecule is Cc1[nH]c2ccccc2c1C(C)CC(=O)c1cn([Si](C(C)C)(C(C)C)C(C)C)c2ccccc12. The van der Waals surface area contributed by atoms with Crippen molar-refractivity contribution in [3.8, 4) is 0 Å². The molecule has 0 amide bonds. The lowest BCUT2D eigenvalue weighted by Crippen LogP contribution is -2.51. The number of benzene rings is 2. The first-order chi connectivity index (χ1) is 16.1. The van der Waals surface area contributed by atoms with Crippen molar-refractivity contribution >= 4 is 35.8 Å². The monoisotopic (exact) mass is 472 g/mol. The van der Waals surface area contributed by atoms with Crippen molar-refractivity contribution in [2.24, 2.45) is 0 Å². The van der Waals surface area contributed by atoms with Gasteiger partial charge in [-0.05, 0) is 47.2 Å². The molecule has 2 aromatic heterocycles. The molecular weight excluding hydrogens is 432 g/mol. The first kappa shape index (κ1) is 24.5. The van der Waals surface area contributed by atoms with Crippen molar-refractivity contribution in [1.82, 2.24) is 9.22 Å². The second-order valence-corrected chi connectivity index (χ2v) is 16.7. The lowest BCUT2D eigenvalue weighted by atomic mass is 9.91. The standard InChI is InChI=1S/C30H40N2OSi/c1-19(2)34(20(3)4,21(5)6)32-18-26(24-13-10-12-16-28(24)32)29(33)17-22(7)30-23(8)31-27-15-11-9-14-25(27)30/h9-16,18-22,31H,17H2,1-8H3. The summed E-state index contributed by atoms with van der Waals surface area (Å²) in [7, 11) is -1.97. The summed E-state index contributed by atoms with van der Waals surface area (Å²) in [5, 5.41) is 2.34. The van der Waals surface area contributed by atoms with Crippen molar-refractivity contribution in [3.05, 3.63) is 71.5 Å². The highest BCUT2D eigenvalue weighted by Gasteiger charge is 2.46. The Balaban J connectivity index is 1.80. The third-order valence-corrected chi connectivity index (χ3v) is 14.9. The van der Waals surface area contributed by atoms with E-state index in [9.17, 15) is 4.79 Å². The summed E-state index contributed by atoms with van der Waals surface area (Å²) in [6.45, 7) is 18.6.